The number of hydrogen-bond donors (Lipinski definition) is 0. The van der Waals surface area contributed by atoms with Gasteiger partial charge in [-0.2, -0.15) is 0 Å². The number of furan rings is 1. The van der Waals surface area contributed by atoms with Gasteiger partial charge in [0, 0.05) is 36.4 Å². The highest BCUT2D eigenvalue weighted by atomic mass is 32.1. The SMILES string of the molecule is CCCCCCCCC1(CCCCCCCC)c2cc(C)ccc2-c2ccc(-c3cc(-c4cccc(-c5ccccc5-c5cccc(C)c5)c4)cc(-c4ccc5sc6cc7oc8ccccc8c7cc6c5c4)c3)cc21. The van der Waals surface area contributed by atoms with Crippen LogP contribution in [0.2, 0.25) is 0 Å². The summed E-state index contributed by atoms with van der Waals surface area (Å²) in [4.78, 5) is 0. The quantitative estimate of drug-likeness (QED) is 0.0736. The number of rotatable bonds is 19. The molecule has 75 heavy (non-hydrogen) atoms. The second-order valence-corrected chi connectivity index (χ2v) is 23.1. The van der Waals surface area contributed by atoms with Crippen LogP contribution in [-0.4, -0.2) is 0 Å². The Morgan fingerprint density at radius 3 is 1.57 bits per heavy atom. The number of benzene rings is 9. The number of thiophene rings is 1. The van der Waals surface area contributed by atoms with E-state index in [0.29, 0.717) is 0 Å². The Morgan fingerprint density at radius 2 is 0.867 bits per heavy atom. The molecule has 0 saturated heterocycles. The van der Waals surface area contributed by atoms with Crippen LogP contribution >= 0.6 is 11.3 Å². The minimum Gasteiger partial charge on any atom is -0.456 e. The molecule has 1 nitrogen and oxygen atoms in total. The van der Waals surface area contributed by atoms with Gasteiger partial charge in [-0.1, -0.05) is 223 Å². The fraction of sp³-hybridized carbons (Fsp3) is 0.260. The number of para-hydroxylation sites is 1. The van der Waals surface area contributed by atoms with Crippen LogP contribution in [0.25, 0.3) is 109 Å². The van der Waals surface area contributed by atoms with Gasteiger partial charge in [-0.05, 0) is 165 Å². The lowest BCUT2D eigenvalue weighted by atomic mass is 9.70. The van der Waals surface area contributed by atoms with Crippen molar-refractivity contribution in [1.29, 1.82) is 0 Å². The molecule has 0 N–H and O–H groups in total. The van der Waals surface area contributed by atoms with Gasteiger partial charge in [-0.25, -0.2) is 0 Å². The van der Waals surface area contributed by atoms with E-state index in [2.05, 4.69) is 210 Å². The van der Waals surface area contributed by atoms with Crippen LogP contribution < -0.4 is 0 Å². The van der Waals surface area contributed by atoms with E-state index in [1.807, 2.05) is 11.3 Å². The van der Waals surface area contributed by atoms with Gasteiger partial charge < -0.3 is 4.42 Å². The first-order valence-electron chi connectivity index (χ1n) is 28.3. The number of aryl methyl sites for hydroxylation is 2. The Labute approximate surface area is 449 Å². The first kappa shape index (κ1) is 48.9. The fourth-order valence-electron chi connectivity index (χ4n) is 12.8. The lowest BCUT2D eigenvalue weighted by Crippen LogP contribution is -2.25. The summed E-state index contributed by atoms with van der Waals surface area (Å²) in [5.41, 5.74) is 23.0. The van der Waals surface area contributed by atoms with Crippen molar-refractivity contribution in [2.75, 3.05) is 0 Å². The first-order valence-corrected chi connectivity index (χ1v) is 29.2. The fourth-order valence-corrected chi connectivity index (χ4v) is 13.9. The minimum absolute atomic E-state index is 0.00155. The molecule has 11 aromatic rings. The summed E-state index contributed by atoms with van der Waals surface area (Å²) < 4.78 is 8.92. The Balaban J connectivity index is 1.01. The van der Waals surface area contributed by atoms with E-state index in [1.54, 1.807) is 11.1 Å². The molecular weight excluding hydrogens is 925 g/mol. The van der Waals surface area contributed by atoms with Gasteiger partial charge in [0.1, 0.15) is 11.2 Å². The summed E-state index contributed by atoms with van der Waals surface area (Å²) in [7, 11) is 0. The zero-order valence-electron chi connectivity index (χ0n) is 44.5. The molecule has 9 aromatic carbocycles. The van der Waals surface area contributed by atoms with Crippen molar-refractivity contribution in [2.45, 2.75) is 123 Å². The van der Waals surface area contributed by atoms with Gasteiger partial charge in [0.25, 0.3) is 0 Å². The molecule has 0 amide bonds. The van der Waals surface area contributed by atoms with Crippen molar-refractivity contribution >= 4 is 53.4 Å². The smallest absolute Gasteiger partial charge is 0.136 e. The molecule has 0 aliphatic heterocycles. The van der Waals surface area contributed by atoms with E-state index in [-0.39, 0.29) is 5.41 Å². The van der Waals surface area contributed by atoms with Crippen molar-refractivity contribution in [3.63, 3.8) is 0 Å². The summed E-state index contributed by atoms with van der Waals surface area (Å²) >= 11 is 1.86. The molecule has 0 spiro atoms. The Kier molecular flexibility index (Phi) is 13.9. The summed E-state index contributed by atoms with van der Waals surface area (Å²) in [6.45, 7) is 9.14. The summed E-state index contributed by atoms with van der Waals surface area (Å²) in [6.07, 6.45) is 18.2. The van der Waals surface area contributed by atoms with Gasteiger partial charge in [0.15, 0.2) is 0 Å². The summed E-state index contributed by atoms with van der Waals surface area (Å²) in [5, 5.41) is 4.92. The van der Waals surface area contributed by atoms with E-state index < -0.39 is 0 Å². The molecule has 0 saturated carbocycles. The van der Waals surface area contributed by atoms with Crippen LogP contribution in [0.1, 0.15) is 126 Å². The van der Waals surface area contributed by atoms with Crippen LogP contribution in [0.4, 0.5) is 0 Å². The van der Waals surface area contributed by atoms with Crippen LogP contribution in [0, 0.1) is 13.8 Å². The third-order valence-electron chi connectivity index (χ3n) is 16.8. The molecular formula is C73H70OS. The molecule has 2 aromatic heterocycles. The highest BCUT2D eigenvalue weighted by Crippen LogP contribution is 2.56. The normalized spacial score (nSPS) is 12.9. The molecule has 2 heteroatoms. The monoisotopic (exact) mass is 995 g/mol. The van der Waals surface area contributed by atoms with E-state index in [1.165, 1.54) is 199 Å². The lowest BCUT2D eigenvalue weighted by molar-refractivity contribution is 0.398. The van der Waals surface area contributed by atoms with Crippen LogP contribution in [0.15, 0.2) is 186 Å². The predicted octanol–water partition coefficient (Wildman–Crippen LogP) is 22.7. The molecule has 1 aliphatic carbocycles. The highest BCUT2D eigenvalue weighted by Gasteiger charge is 2.42. The average Bonchev–Trinajstić information content (AvgIpc) is 4.23. The van der Waals surface area contributed by atoms with Gasteiger partial charge in [0.2, 0.25) is 0 Å². The second-order valence-electron chi connectivity index (χ2n) is 22.0. The maximum absolute atomic E-state index is 6.38. The van der Waals surface area contributed by atoms with Crippen LogP contribution in [0.3, 0.4) is 0 Å². The Bertz CT molecular complexity index is 3840. The first-order chi connectivity index (χ1) is 36.9. The topological polar surface area (TPSA) is 13.1 Å². The zero-order valence-corrected chi connectivity index (χ0v) is 45.4. The van der Waals surface area contributed by atoms with Crippen molar-refractivity contribution in [1.82, 2.24) is 0 Å². The predicted molar refractivity (Wildman–Crippen MR) is 325 cm³/mol. The van der Waals surface area contributed by atoms with Gasteiger partial charge in [-0.15, -0.1) is 11.3 Å². The highest BCUT2D eigenvalue weighted by molar-refractivity contribution is 7.25. The summed E-state index contributed by atoms with van der Waals surface area (Å²) in [5.74, 6) is 0. The molecule has 374 valence electrons. The standard InChI is InChI=1S/C73H70OS/c1-5-7-9-11-13-19-37-73(38-20-14-12-10-8-6-2)67-40-50(4)31-34-61(67)62-35-32-53(46-68(62)73)58-43-56(51-24-22-26-55(41-51)60-28-16-15-27-59(60)54-25-21-23-49(3)39-54)42-57(44-58)52-33-36-71-65(45-52)66-47-64-63-29-17-18-30-69(63)74-70(64)48-72(66)75-71/h15-18,21-36,39-48H,5-14,19-20,37-38H2,1-4H3. The van der Waals surface area contributed by atoms with E-state index in [9.17, 15) is 0 Å². The molecule has 12 rings (SSSR count). The molecule has 1 aliphatic rings. The van der Waals surface area contributed by atoms with Crippen molar-refractivity contribution in [2.24, 2.45) is 0 Å². The largest absolute Gasteiger partial charge is 0.456 e. The maximum Gasteiger partial charge on any atom is 0.136 e. The zero-order chi connectivity index (χ0) is 50.9. The second kappa shape index (κ2) is 21.3. The summed E-state index contributed by atoms with van der Waals surface area (Å²) in [6, 6.07) is 69.6. The average molecular weight is 995 g/mol. The number of fused-ring (bicyclic) bond motifs is 9. The number of unbranched alkanes of at least 4 members (excludes halogenated alkanes) is 10. The third kappa shape index (κ3) is 9.57. The lowest BCUT2D eigenvalue weighted by Gasteiger charge is -2.33. The van der Waals surface area contributed by atoms with Crippen molar-refractivity contribution < 1.29 is 4.42 Å². The van der Waals surface area contributed by atoms with Crippen molar-refractivity contribution in [3.8, 4) is 66.8 Å². The van der Waals surface area contributed by atoms with Gasteiger partial charge in [0.05, 0.1) is 0 Å². The number of hydrogen-bond acceptors (Lipinski definition) is 2. The van der Waals surface area contributed by atoms with E-state index >= 15 is 0 Å². The third-order valence-corrected chi connectivity index (χ3v) is 17.9. The molecule has 0 radical (unpaired) electrons. The maximum atomic E-state index is 6.38. The van der Waals surface area contributed by atoms with Gasteiger partial charge >= 0.3 is 0 Å². The molecule has 2 heterocycles. The van der Waals surface area contributed by atoms with Crippen LogP contribution in [-0.2, 0) is 5.41 Å². The van der Waals surface area contributed by atoms with Gasteiger partial charge in [-0.3, -0.25) is 0 Å². The van der Waals surface area contributed by atoms with Crippen LogP contribution in [0.5, 0.6) is 0 Å². The van der Waals surface area contributed by atoms with Crippen molar-refractivity contribution in [3.05, 3.63) is 204 Å². The van der Waals surface area contributed by atoms with E-state index in [0.717, 1.165) is 11.2 Å². The Hall–Kier alpha value is -7.00. The Morgan fingerprint density at radius 1 is 0.333 bits per heavy atom. The molecule has 0 atom stereocenters. The van der Waals surface area contributed by atoms with E-state index in [4.69, 9.17) is 4.42 Å². The minimum atomic E-state index is -0.00155. The molecule has 0 unspecified atom stereocenters. The molecule has 0 fully saturated rings. The molecule has 0 bridgehead atoms.